The Bertz CT molecular complexity index is 1160. The number of nitrogens with one attached hydrogen (secondary N) is 2. The number of rotatable bonds is 5. The van der Waals surface area contributed by atoms with Crippen LogP contribution in [0.3, 0.4) is 0 Å². The van der Waals surface area contributed by atoms with Gasteiger partial charge < -0.3 is 20.4 Å². The highest BCUT2D eigenvalue weighted by molar-refractivity contribution is 7.20. The smallest absolute Gasteiger partial charge is 0.369 e. The molecule has 3 heterocycles. The summed E-state index contributed by atoms with van der Waals surface area (Å²) in [5.74, 6) is -1.36. The molecule has 8 nitrogen and oxygen atoms in total. The first-order valence-corrected chi connectivity index (χ1v) is 11.2. The number of alkyl halides is 3. The maximum atomic E-state index is 13.6. The number of carbonyl (C=O) groups is 2. The molecule has 176 valence electrons. The van der Waals surface area contributed by atoms with Crippen molar-refractivity contribution in [2.75, 3.05) is 50.0 Å². The van der Waals surface area contributed by atoms with E-state index in [0.717, 1.165) is 42.6 Å². The lowest BCUT2D eigenvalue weighted by molar-refractivity contribution is -0.141. The third kappa shape index (κ3) is 4.67. The summed E-state index contributed by atoms with van der Waals surface area (Å²) in [5, 5.41) is 4.96. The Hall–Kier alpha value is -3.12. The highest BCUT2D eigenvalue weighted by Gasteiger charge is 2.40. The van der Waals surface area contributed by atoms with E-state index in [2.05, 4.69) is 32.5 Å². The number of thiazole rings is 1. The highest BCUT2D eigenvalue weighted by atomic mass is 32.1. The summed E-state index contributed by atoms with van der Waals surface area (Å²) >= 11 is 0.634. The zero-order valence-corrected chi connectivity index (χ0v) is 18.9. The van der Waals surface area contributed by atoms with Gasteiger partial charge in [0.2, 0.25) is 0 Å². The van der Waals surface area contributed by atoms with Gasteiger partial charge in [0.05, 0.1) is 0 Å². The number of hydrogen-bond donors (Lipinski definition) is 2. The lowest BCUT2D eigenvalue weighted by Gasteiger charge is -2.34. The van der Waals surface area contributed by atoms with Crippen molar-refractivity contribution in [3.05, 3.63) is 46.7 Å². The van der Waals surface area contributed by atoms with Gasteiger partial charge in [-0.2, -0.15) is 13.2 Å². The number of nitrogens with zero attached hydrogens (tertiary/aromatic N) is 4. The number of benzene rings is 1. The summed E-state index contributed by atoms with van der Waals surface area (Å²) in [7, 11) is 2.07. The van der Waals surface area contributed by atoms with Crippen molar-refractivity contribution in [1.29, 1.82) is 0 Å². The number of hydrogen-bond acceptors (Lipinski definition) is 6. The van der Waals surface area contributed by atoms with Crippen LogP contribution in [0.1, 0.15) is 32.6 Å². The minimum atomic E-state index is -4.76. The quantitative estimate of drug-likeness (QED) is 0.586. The van der Waals surface area contributed by atoms with Gasteiger partial charge in [-0.15, -0.1) is 11.3 Å². The van der Waals surface area contributed by atoms with E-state index in [0.29, 0.717) is 16.9 Å². The maximum absolute atomic E-state index is 13.6. The molecule has 0 radical (unpaired) electrons. The molecule has 2 aromatic heterocycles. The number of fused-ring (bicyclic) bond motifs is 1. The Labute approximate surface area is 192 Å². The fourth-order valence-corrected chi connectivity index (χ4v) is 4.77. The molecule has 1 aromatic carbocycles. The molecule has 33 heavy (non-hydrogen) atoms. The van der Waals surface area contributed by atoms with E-state index in [1.807, 2.05) is 12.1 Å². The molecule has 0 atom stereocenters. The van der Waals surface area contributed by atoms with Crippen molar-refractivity contribution in [1.82, 2.24) is 19.6 Å². The molecule has 1 aliphatic rings. The SMILES string of the molecule is CCNC(=O)c1sc2c(NC(=O)c3ccc(N4CCN(C)CC4)cc3)ncn2c1C(F)(F)F. The van der Waals surface area contributed by atoms with Crippen LogP contribution >= 0.6 is 11.3 Å². The predicted octanol–water partition coefficient (Wildman–Crippen LogP) is 3.17. The van der Waals surface area contributed by atoms with Gasteiger partial charge in [0.15, 0.2) is 11.5 Å². The lowest BCUT2D eigenvalue weighted by Crippen LogP contribution is -2.44. The molecule has 1 saturated heterocycles. The van der Waals surface area contributed by atoms with Gasteiger partial charge in [-0.3, -0.25) is 14.0 Å². The van der Waals surface area contributed by atoms with E-state index >= 15 is 0 Å². The maximum Gasteiger partial charge on any atom is 0.433 e. The molecule has 0 aliphatic carbocycles. The summed E-state index contributed by atoms with van der Waals surface area (Å²) in [6.45, 7) is 5.50. The van der Waals surface area contributed by atoms with Gasteiger partial charge in [-0.05, 0) is 38.2 Å². The third-order valence-electron chi connectivity index (χ3n) is 5.42. The number of imidazole rings is 1. The molecule has 0 unspecified atom stereocenters. The number of amides is 2. The molecular weight excluding hydrogens is 457 g/mol. The van der Waals surface area contributed by atoms with Crippen LogP contribution in [0, 0.1) is 0 Å². The fourth-order valence-electron chi connectivity index (χ4n) is 3.66. The molecule has 1 aliphatic heterocycles. The summed E-state index contributed by atoms with van der Waals surface area (Å²) in [6.07, 6.45) is -3.80. The van der Waals surface area contributed by atoms with Crippen molar-refractivity contribution in [2.45, 2.75) is 13.1 Å². The van der Waals surface area contributed by atoms with Crippen molar-refractivity contribution in [3.63, 3.8) is 0 Å². The fraction of sp³-hybridized carbons (Fsp3) is 0.381. The Kier molecular flexibility index (Phi) is 6.30. The largest absolute Gasteiger partial charge is 0.433 e. The number of aromatic nitrogens is 2. The number of halogens is 3. The van der Waals surface area contributed by atoms with Gasteiger partial charge in [0.1, 0.15) is 16.0 Å². The molecule has 4 rings (SSSR count). The van der Waals surface area contributed by atoms with E-state index in [4.69, 9.17) is 0 Å². The van der Waals surface area contributed by atoms with Gasteiger partial charge in [-0.25, -0.2) is 4.98 Å². The van der Waals surface area contributed by atoms with E-state index in [1.165, 1.54) is 0 Å². The second kappa shape index (κ2) is 9.02. The number of anilines is 2. The minimum absolute atomic E-state index is 0.0332. The summed E-state index contributed by atoms with van der Waals surface area (Å²) < 4.78 is 41.7. The van der Waals surface area contributed by atoms with Crippen LogP contribution in [0.4, 0.5) is 24.7 Å². The van der Waals surface area contributed by atoms with Crippen LogP contribution in [0.15, 0.2) is 30.6 Å². The first-order valence-electron chi connectivity index (χ1n) is 10.4. The average Bonchev–Trinajstić information content (AvgIpc) is 3.34. The highest BCUT2D eigenvalue weighted by Crippen LogP contribution is 2.39. The van der Waals surface area contributed by atoms with Crippen molar-refractivity contribution in [3.8, 4) is 0 Å². The lowest BCUT2D eigenvalue weighted by atomic mass is 10.1. The van der Waals surface area contributed by atoms with Crippen LogP contribution in [-0.4, -0.2) is 65.9 Å². The van der Waals surface area contributed by atoms with Crippen LogP contribution in [-0.2, 0) is 6.18 Å². The minimum Gasteiger partial charge on any atom is -0.369 e. The van der Waals surface area contributed by atoms with Crippen LogP contribution in [0.25, 0.3) is 4.83 Å². The van der Waals surface area contributed by atoms with Gasteiger partial charge in [-0.1, -0.05) is 0 Å². The van der Waals surface area contributed by atoms with Gasteiger partial charge in [0.25, 0.3) is 11.8 Å². The molecule has 0 bridgehead atoms. The zero-order valence-electron chi connectivity index (χ0n) is 18.1. The predicted molar refractivity (Wildman–Crippen MR) is 120 cm³/mol. The number of piperazine rings is 1. The third-order valence-corrected chi connectivity index (χ3v) is 6.59. The monoisotopic (exact) mass is 480 g/mol. The summed E-state index contributed by atoms with van der Waals surface area (Å²) in [5.41, 5.74) is 0.243. The second-order valence-electron chi connectivity index (χ2n) is 7.70. The van der Waals surface area contributed by atoms with E-state index < -0.39 is 28.6 Å². The molecule has 2 amide bonds. The van der Waals surface area contributed by atoms with Crippen molar-refractivity contribution in [2.24, 2.45) is 0 Å². The first kappa shape index (κ1) is 23.1. The average molecular weight is 481 g/mol. The second-order valence-corrected chi connectivity index (χ2v) is 8.70. The Morgan fingerprint density at radius 3 is 2.36 bits per heavy atom. The van der Waals surface area contributed by atoms with Crippen molar-refractivity contribution >= 4 is 39.5 Å². The van der Waals surface area contributed by atoms with E-state index in [-0.39, 0.29) is 17.2 Å². The summed E-state index contributed by atoms with van der Waals surface area (Å²) in [4.78, 5) is 32.9. The Morgan fingerprint density at radius 2 is 1.76 bits per heavy atom. The Morgan fingerprint density at radius 1 is 1.09 bits per heavy atom. The normalized spacial score (nSPS) is 15.1. The van der Waals surface area contributed by atoms with Crippen molar-refractivity contribution < 1.29 is 22.8 Å². The van der Waals surface area contributed by atoms with Gasteiger partial charge >= 0.3 is 6.18 Å². The summed E-state index contributed by atoms with van der Waals surface area (Å²) in [6, 6.07) is 7.05. The topological polar surface area (TPSA) is 82.0 Å². The molecular formula is C21H23F3N6O2S. The van der Waals surface area contributed by atoms with E-state index in [9.17, 15) is 22.8 Å². The molecule has 0 saturated carbocycles. The van der Waals surface area contributed by atoms with Crippen LogP contribution in [0.2, 0.25) is 0 Å². The molecule has 1 fully saturated rings. The Balaban J connectivity index is 1.56. The van der Waals surface area contributed by atoms with Crippen LogP contribution in [0.5, 0.6) is 0 Å². The van der Waals surface area contributed by atoms with Crippen LogP contribution < -0.4 is 15.5 Å². The first-order chi connectivity index (χ1) is 15.7. The van der Waals surface area contributed by atoms with Gasteiger partial charge in [0, 0.05) is 44.0 Å². The molecule has 12 heteroatoms. The standard InChI is InChI=1S/C21H23F3N6O2S/c1-3-25-19(32)15-16(21(22,23)24)30-12-26-17(20(30)33-15)27-18(31)13-4-6-14(7-5-13)29-10-8-28(2)9-11-29/h4-7,12H,3,8-11H2,1-2H3,(H,25,32)(H,27,31). The number of likely N-dealkylation sites (N-methyl/N-ethyl adjacent to an activating group) is 1. The number of carbonyl (C=O) groups excluding carboxylic acids is 2. The van der Waals surface area contributed by atoms with E-state index in [1.54, 1.807) is 19.1 Å². The molecule has 2 N–H and O–H groups in total. The molecule has 3 aromatic rings. The molecule has 0 spiro atoms. The zero-order chi connectivity index (χ0) is 23.8.